The van der Waals surface area contributed by atoms with Crippen LogP contribution in [0.25, 0.3) is 11.3 Å². The van der Waals surface area contributed by atoms with Crippen LogP contribution < -0.4 is 4.74 Å². The summed E-state index contributed by atoms with van der Waals surface area (Å²) in [6.45, 7) is 1.71. The second-order valence-electron chi connectivity index (χ2n) is 7.78. The summed E-state index contributed by atoms with van der Waals surface area (Å²) in [4.78, 5) is 19.9. The molecule has 1 aliphatic carbocycles. The molecule has 2 aromatic rings. The fourth-order valence-electron chi connectivity index (χ4n) is 4.47. The summed E-state index contributed by atoms with van der Waals surface area (Å²) >= 11 is 0. The summed E-state index contributed by atoms with van der Waals surface area (Å²) in [5.41, 5.74) is 3.12. The Morgan fingerprint density at radius 3 is 2.70 bits per heavy atom. The zero-order valence-corrected chi connectivity index (χ0v) is 16.1. The Bertz CT molecular complexity index is 798. The first-order chi connectivity index (χ1) is 13.2. The van der Waals surface area contributed by atoms with Gasteiger partial charge in [-0.3, -0.25) is 9.78 Å². The highest BCUT2D eigenvalue weighted by Gasteiger charge is 2.31. The monoisotopic (exact) mass is 364 g/mol. The Morgan fingerprint density at radius 1 is 1.07 bits per heavy atom. The van der Waals surface area contributed by atoms with E-state index < -0.39 is 0 Å². The molecule has 1 saturated carbocycles. The minimum absolute atomic E-state index is 0.264. The Kier molecular flexibility index (Phi) is 5.42. The van der Waals surface area contributed by atoms with Crippen molar-refractivity contribution in [2.24, 2.45) is 5.92 Å². The van der Waals surface area contributed by atoms with Crippen LogP contribution in [0.15, 0.2) is 42.5 Å². The number of methoxy groups -OCH3 is 1. The SMILES string of the molecule is COc1cccc(-c2cccc(C3CCCN(C(=O)C4CCCC4)C3)n2)c1. The van der Waals surface area contributed by atoms with Crippen molar-refractivity contribution in [2.45, 2.75) is 44.4 Å². The molecular weight excluding hydrogens is 336 g/mol. The van der Waals surface area contributed by atoms with Gasteiger partial charge in [-0.1, -0.05) is 31.0 Å². The number of ether oxygens (including phenoxy) is 1. The summed E-state index contributed by atoms with van der Waals surface area (Å²) in [5, 5.41) is 0. The topological polar surface area (TPSA) is 42.4 Å². The highest BCUT2D eigenvalue weighted by Crippen LogP contribution is 2.32. The molecule has 0 spiro atoms. The molecule has 0 N–H and O–H groups in total. The number of hydrogen-bond acceptors (Lipinski definition) is 3. The number of benzene rings is 1. The number of rotatable bonds is 4. The third kappa shape index (κ3) is 4.00. The first kappa shape index (κ1) is 18.0. The molecule has 1 aliphatic heterocycles. The standard InChI is InChI=1S/C23H28N2O2/c1-27-20-11-4-9-18(15-20)21-12-5-13-22(24-21)19-10-6-14-25(16-19)23(26)17-7-2-3-8-17/h4-5,9,11-13,15,17,19H,2-3,6-8,10,14,16H2,1H3. The summed E-state index contributed by atoms with van der Waals surface area (Å²) in [6, 6.07) is 14.2. The van der Waals surface area contributed by atoms with Gasteiger partial charge < -0.3 is 9.64 Å². The van der Waals surface area contributed by atoms with Gasteiger partial charge in [0.25, 0.3) is 0 Å². The van der Waals surface area contributed by atoms with Crippen molar-refractivity contribution in [1.29, 1.82) is 0 Å². The van der Waals surface area contributed by atoms with Gasteiger partial charge in [0.05, 0.1) is 12.8 Å². The van der Waals surface area contributed by atoms with Gasteiger partial charge in [0.2, 0.25) is 5.91 Å². The Morgan fingerprint density at radius 2 is 1.89 bits per heavy atom. The average Bonchev–Trinajstić information content (AvgIpc) is 3.28. The van der Waals surface area contributed by atoms with Gasteiger partial charge in [0.1, 0.15) is 5.75 Å². The van der Waals surface area contributed by atoms with Crippen molar-refractivity contribution in [3.8, 4) is 17.0 Å². The fraction of sp³-hybridized carbons (Fsp3) is 0.478. The molecule has 1 saturated heterocycles. The molecule has 4 rings (SSSR count). The molecule has 1 unspecified atom stereocenters. The molecular formula is C23H28N2O2. The quantitative estimate of drug-likeness (QED) is 0.793. The number of nitrogens with zero attached hydrogens (tertiary/aromatic N) is 2. The van der Waals surface area contributed by atoms with Crippen LogP contribution >= 0.6 is 0 Å². The molecule has 1 amide bonds. The van der Waals surface area contributed by atoms with E-state index in [0.29, 0.717) is 11.8 Å². The first-order valence-corrected chi connectivity index (χ1v) is 10.1. The normalized spacial score (nSPS) is 20.6. The van der Waals surface area contributed by atoms with E-state index in [1.54, 1.807) is 7.11 Å². The maximum Gasteiger partial charge on any atom is 0.225 e. The van der Waals surface area contributed by atoms with Crippen LogP contribution in [0.1, 0.15) is 50.1 Å². The van der Waals surface area contributed by atoms with Crippen molar-refractivity contribution in [3.05, 3.63) is 48.2 Å². The summed E-state index contributed by atoms with van der Waals surface area (Å²) in [6.07, 6.45) is 6.72. The number of hydrogen-bond donors (Lipinski definition) is 0. The maximum atomic E-state index is 12.8. The number of piperidine rings is 1. The molecule has 1 atom stereocenters. The fourth-order valence-corrected chi connectivity index (χ4v) is 4.47. The van der Waals surface area contributed by atoms with Crippen LogP contribution in [0, 0.1) is 5.92 Å². The number of amides is 1. The summed E-state index contributed by atoms with van der Waals surface area (Å²) in [5.74, 6) is 1.81. The average molecular weight is 364 g/mol. The lowest BCUT2D eigenvalue weighted by molar-refractivity contribution is -0.136. The van der Waals surface area contributed by atoms with E-state index in [-0.39, 0.29) is 5.92 Å². The van der Waals surface area contributed by atoms with Crippen molar-refractivity contribution in [1.82, 2.24) is 9.88 Å². The van der Waals surface area contributed by atoms with Crippen molar-refractivity contribution in [2.75, 3.05) is 20.2 Å². The van der Waals surface area contributed by atoms with Crippen LogP contribution in [-0.4, -0.2) is 36.0 Å². The lowest BCUT2D eigenvalue weighted by atomic mass is 9.92. The van der Waals surface area contributed by atoms with Crippen LogP contribution in [0.4, 0.5) is 0 Å². The third-order valence-corrected chi connectivity index (χ3v) is 5.99. The van der Waals surface area contributed by atoms with Gasteiger partial charge in [0.15, 0.2) is 0 Å². The molecule has 1 aromatic carbocycles. The van der Waals surface area contributed by atoms with Crippen molar-refractivity contribution in [3.63, 3.8) is 0 Å². The predicted octanol–water partition coefficient (Wildman–Crippen LogP) is 4.65. The zero-order chi connectivity index (χ0) is 18.6. The molecule has 0 radical (unpaired) electrons. The van der Waals surface area contributed by atoms with Crippen LogP contribution in [0.2, 0.25) is 0 Å². The summed E-state index contributed by atoms with van der Waals surface area (Å²) in [7, 11) is 1.68. The van der Waals surface area contributed by atoms with E-state index in [2.05, 4.69) is 23.1 Å². The predicted molar refractivity (Wildman–Crippen MR) is 107 cm³/mol. The van der Waals surface area contributed by atoms with E-state index >= 15 is 0 Å². The minimum atomic E-state index is 0.264. The van der Waals surface area contributed by atoms with Gasteiger partial charge in [-0.15, -0.1) is 0 Å². The number of likely N-dealkylation sites (tertiary alicyclic amines) is 1. The highest BCUT2D eigenvalue weighted by molar-refractivity contribution is 5.79. The second-order valence-corrected chi connectivity index (χ2v) is 7.78. The van der Waals surface area contributed by atoms with E-state index in [1.165, 1.54) is 12.8 Å². The second kappa shape index (κ2) is 8.12. The molecule has 2 heterocycles. The first-order valence-electron chi connectivity index (χ1n) is 10.1. The smallest absolute Gasteiger partial charge is 0.225 e. The Balaban J connectivity index is 1.51. The molecule has 2 aliphatic rings. The molecule has 2 fully saturated rings. The van der Waals surface area contributed by atoms with Gasteiger partial charge in [-0.25, -0.2) is 0 Å². The summed E-state index contributed by atoms with van der Waals surface area (Å²) < 4.78 is 5.34. The van der Waals surface area contributed by atoms with Crippen LogP contribution in [0.5, 0.6) is 5.75 Å². The lowest BCUT2D eigenvalue weighted by Crippen LogP contribution is -2.42. The molecule has 27 heavy (non-hydrogen) atoms. The molecule has 0 bridgehead atoms. The number of carbonyl (C=O) groups excluding carboxylic acids is 1. The number of pyridine rings is 1. The largest absolute Gasteiger partial charge is 0.497 e. The maximum absolute atomic E-state index is 12.8. The van der Waals surface area contributed by atoms with Gasteiger partial charge in [0, 0.05) is 36.2 Å². The molecule has 4 nitrogen and oxygen atoms in total. The van der Waals surface area contributed by atoms with Gasteiger partial charge in [-0.05, 0) is 49.9 Å². The van der Waals surface area contributed by atoms with E-state index in [4.69, 9.17) is 9.72 Å². The third-order valence-electron chi connectivity index (χ3n) is 5.99. The van der Waals surface area contributed by atoms with Gasteiger partial charge >= 0.3 is 0 Å². The van der Waals surface area contributed by atoms with E-state index in [9.17, 15) is 4.79 Å². The Labute approximate surface area is 161 Å². The molecule has 1 aromatic heterocycles. The molecule has 4 heteroatoms. The number of carbonyl (C=O) groups is 1. The Hall–Kier alpha value is -2.36. The molecule has 142 valence electrons. The van der Waals surface area contributed by atoms with Crippen molar-refractivity contribution >= 4 is 5.91 Å². The highest BCUT2D eigenvalue weighted by atomic mass is 16.5. The van der Waals surface area contributed by atoms with E-state index in [0.717, 1.165) is 61.5 Å². The van der Waals surface area contributed by atoms with Crippen LogP contribution in [-0.2, 0) is 4.79 Å². The van der Waals surface area contributed by atoms with E-state index in [1.807, 2.05) is 24.3 Å². The number of aromatic nitrogens is 1. The lowest BCUT2D eigenvalue weighted by Gasteiger charge is -2.34. The minimum Gasteiger partial charge on any atom is -0.497 e. The zero-order valence-electron chi connectivity index (χ0n) is 16.1. The van der Waals surface area contributed by atoms with Crippen molar-refractivity contribution < 1.29 is 9.53 Å². The van der Waals surface area contributed by atoms with Crippen LogP contribution in [0.3, 0.4) is 0 Å². The van der Waals surface area contributed by atoms with Gasteiger partial charge in [-0.2, -0.15) is 0 Å².